The molecule has 0 heterocycles. The van der Waals surface area contributed by atoms with Crippen molar-refractivity contribution in [3.63, 3.8) is 0 Å². The summed E-state index contributed by atoms with van der Waals surface area (Å²) < 4.78 is 0. The van der Waals surface area contributed by atoms with Crippen molar-refractivity contribution < 1.29 is 27.1 Å². The first-order valence-electron chi connectivity index (χ1n) is 1.18. The number of hydrogen-bond acceptors (Lipinski definition) is 2. The summed E-state index contributed by atoms with van der Waals surface area (Å²) >= 11 is 0. The van der Waals surface area contributed by atoms with Gasteiger partial charge in [-0.25, -0.2) is 5.48 Å². The van der Waals surface area contributed by atoms with Crippen LogP contribution < -0.4 is 5.48 Å². The molecule has 0 aliphatic carbocycles. The Hall–Kier alpha value is -0.0505. The Labute approximate surface area is 46.2 Å². The van der Waals surface area contributed by atoms with Crippen molar-refractivity contribution in [2.45, 2.75) is 6.92 Å². The molecule has 6 heavy (non-hydrogen) atoms. The molecule has 0 bridgehead atoms. The SMILES string of the molecule is CC(=O)NO.[Fe+3]. The molecule has 0 rings (SSSR count). The van der Waals surface area contributed by atoms with Gasteiger partial charge in [0, 0.05) is 6.92 Å². The predicted molar refractivity (Wildman–Crippen MR) is 15.6 cm³/mol. The number of hydrogen-bond donors (Lipinski definition) is 2. The van der Waals surface area contributed by atoms with Crippen LogP contribution >= 0.6 is 0 Å². The minimum absolute atomic E-state index is 0. The third-order valence-electron chi connectivity index (χ3n) is 0.157. The van der Waals surface area contributed by atoms with E-state index in [4.69, 9.17) is 5.21 Å². The molecule has 0 aromatic carbocycles. The fourth-order valence-corrected chi connectivity index (χ4v) is 0. The quantitative estimate of drug-likeness (QED) is 0.264. The Kier molecular flexibility index (Phi) is 7.71. The van der Waals surface area contributed by atoms with Gasteiger partial charge >= 0.3 is 17.1 Å². The van der Waals surface area contributed by atoms with Crippen LogP contribution in [0.25, 0.3) is 0 Å². The van der Waals surface area contributed by atoms with Gasteiger partial charge in [0.25, 0.3) is 0 Å². The minimum Gasteiger partial charge on any atom is -0.289 e. The van der Waals surface area contributed by atoms with Gasteiger partial charge in [-0.3, -0.25) is 10.0 Å². The standard InChI is InChI=1S/C2H5NO2.Fe/c1-2(4)3-5;/h5H,1H3,(H,3,4);/q;+3. The van der Waals surface area contributed by atoms with Crippen LogP contribution in [0.5, 0.6) is 0 Å². The maximum Gasteiger partial charge on any atom is 3.00 e. The van der Waals surface area contributed by atoms with Crippen molar-refractivity contribution in [1.82, 2.24) is 5.48 Å². The van der Waals surface area contributed by atoms with Crippen molar-refractivity contribution in [2.75, 3.05) is 0 Å². The van der Waals surface area contributed by atoms with E-state index in [9.17, 15) is 4.79 Å². The summed E-state index contributed by atoms with van der Waals surface area (Å²) in [5.74, 6) is -0.440. The molecule has 0 saturated heterocycles. The molecule has 0 aliphatic rings. The van der Waals surface area contributed by atoms with Gasteiger partial charge in [0.05, 0.1) is 0 Å². The van der Waals surface area contributed by atoms with Crippen molar-refractivity contribution in [3.8, 4) is 0 Å². The molecule has 3 nitrogen and oxygen atoms in total. The van der Waals surface area contributed by atoms with Crippen molar-refractivity contribution in [2.24, 2.45) is 0 Å². The summed E-state index contributed by atoms with van der Waals surface area (Å²) in [7, 11) is 0. The number of rotatable bonds is 0. The molecule has 0 aliphatic heterocycles. The number of carbonyl (C=O) groups is 1. The zero-order chi connectivity index (χ0) is 4.28. The Morgan fingerprint density at radius 2 is 2.00 bits per heavy atom. The topological polar surface area (TPSA) is 49.3 Å². The van der Waals surface area contributed by atoms with E-state index in [1.807, 2.05) is 0 Å². The molecule has 2 N–H and O–H groups in total. The summed E-state index contributed by atoms with van der Waals surface area (Å²) in [6.45, 7) is 1.22. The Morgan fingerprint density at radius 3 is 2.00 bits per heavy atom. The van der Waals surface area contributed by atoms with Gasteiger partial charge in [0.2, 0.25) is 5.91 Å². The average Bonchev–Trinajstić information content (AvgIpc) is 1.38. The van der Waals surface area contributed by atoms with Crippen LogP contribution in [-0.4, -0.2) is 11.1 Å². The van der Waals surface area contributed by atoms with Gasteiger partial charge in [0.1, 0.15) is 0 Å². The van der Waals surface area contributed by atoms with E-state index in [2.05, 4.69) is 0 Å². The van der Waals surface area contributed by atoms with Crippen molar-refractivity contribution in [1.29, 1.82) is 0 Å². The molecular formula is C2H5FeNO2+3. The molecule has 35 valence electrons. The van der Waals surface area contributed by atoms with E-state index in [-0.39, 0.29) is 17.1 Å². The second-order valence-electron chi connectivity index (χ2n) is 0.668. The van der Waals surface area contributed by atoms with Gasteiger partial charge < -0.3 is 0 Å². The van der Waals surface area contributed by atoms with Crippen molar-refractivity contribution >= 4 is 5.91 Å². The summed E-state index contributed by atoms with van der Waals surface area (Å²) in [6.07, 6.45) is 0. The van der Waals surface area contributed by atoms with E-state index in [0.717, 1.165) is 0 Å². The Balaban J connectivity index is 0. The first kappa shape index (κ1) is 9.34. The van der Waals surface area contributed by atoms with Crippen LogP contribution in [0.3, 0.4) is 0 Å². The second-order valence-corrected chi connectivity index (χ2v) is 0.668. The largest absolute Gasteiger partial charge is 3.00 e. The van der Waals surface area contributed by atoms with Crippen molar-refractivity contribution in [3.05, 3.63) is 0 Å². The van der Waals surface area contributed by atoms with E-state index in [1.165, 1.54) is 12.4 Å². The van der Waals surface area contributed by atoms with Gasteiger partial charge in [-0.2, -0.15) is 0 Å². The van der Waals surface area contributed by atoms with E-state index in [0.29, 0.717) is 0 Å². The maximum absolute atomic E-state index is 9.45. The van der Waals surface area contributed by atoms with Gasteiger partial charge in [0.15, 0.2) is 0 Å². The molecular weight excluding hydrogens is 126 g/mol. The number of nitrogens with one attached hydrogen (secondary N) is 1. The molecule has 0 unspecified atom stereocenters. The fourth-order valence-electron chi connectivity index (χ4n) is 0. The molecule has 1 radical (unpaired) electrons. The summed E-state index contributed by atoms with van der Waals surface area (Å²) in [5.41, 5.74) is 1.39. The molecule has 0 saturated carbocycles. The van der Waals surface area contributed by atoms with E-state index >= 15 is 0 Å². The van der Waals surface area contributed by atoms with Gasteiger partial charge in [-0.1, -0.05) is 0 Å². The third kappa shape index (κ3) is 9.04. The van der Waals surface area contributed by atoms with E-state index < -0.39 is 5.91 Å². The van der Waals surface area contributed by atoms with Crippen LogP contribution in [-0.2, 0) is 21.9 Å². The van der Waals surface area contributed by atoms with Crippen LogP contribution in [0, 0.1) is 0 Å². The molecule has 4 heteroatoms. The number of hydroxylamine groups is 1. The first-order valence-corrected chi connectivity index (χ1v) is 1.18. The first-order chi connectivity index (χ1) is 2.27. The van der Waals surface area contributed by atoms with Gasteiger partial charge in [-0.15, -0.1) is 0 Å². The molecule has 0 aromatic rings. The third-order valence-corrected chi connectivity index (χ3v) is 0.157. The molecule has 0 aromatic heterocycles. The summed E-state index contributed by atoms with van der Waals surface area (Å²) in [6, 6.07) is 0. The molecule has 0 atom stereocenters. The predicted octanol–water partition coefficient (Wildman–Crippen LogP) is -0.491. The zero-order valence-electron chi connectivity index (χ0n) is 3.21. The summed E-state index contributed by atoms with van der Waals surface area (Å²) in [5, 5.41) is 7.54. The summed E-state index contributed by atoms with van der Waals surface area (Å²) in [4.78, 5) is 9.45. The maximum atomic E-state index is 9.45. The van der Waals surface area contributed by atoms with Crippen LogP contribution in [0.2, 0.25) is 0 Å². The van der Waals surface area contributed by atoms with Crippen LogP contribution in [0.4, 0.5) is 0 Å². The van der Waals surface area contributed by atoms with E-state index in [1.54, 1.807) is 0 Å². The van der Waals surface area contributed by atoms with Gasteiger partial charge in [-0.05, 0) is 0 Å². The molecule has 1 amide bonds. The Bertz CT molecular complexity index is 46.8. The number of carbonyl (C=O) groups excluding carboxylic acids is 1. The van der Waals surface area contributed by atoms with Crippen LogP contribution in [0.1, 0.15) is 6.92 Å². The molecule has 0 fully saturated rings. The normalized spacial score (nSPS) is 5.67. The fraction of sp³-hybridized carbons (Fsp3) is 0.500. The van der Waals surface area contributed by atoms with Crippen LogP contribution in [0.15, 0.2) is 0 Å². The smallest absolute Gasteiger partial charge is 0.289 e. The number of amides is 1. The monoisotopic (exact) mass is 131 g/mol. The zero-order valence-corrected chi connectivity index (χ0v) is 4.31. The Morgan fingerprint density at radius 1 is 1.83 bits per heavy atom. The second kappa shape index (κ2) is 4.95. The minimum atomic E-state index is -0.440. The average molecular weight is 131 g/mol. The molecule has 0 spiro atoms.